The molecule has 0 fully saturated rings. The van der Waals surface area contributed by atoms with Gasteiger partial charge in [-0.25, -0.2) is 4.68 Å². The maximum Gasteiger partial charge on any atom is 0.0849 e. The molecule has 2 N–H and O–H groups in total. The van der Waals surface area contributed by atoms with Crippen LogP contribution < -0.4 is 5.73 Å². The normalized spacial score (nSPS) is 10.8. The Balaban J connectivity index is 2.48. The first kappa shape index (κ1) is 12.4. The number of nitrogens with two attached hydrogens (primary N) is 1. The summed E-state index contributed by atoms with van der Waals surface area (Å²) < 4.78 is 1.79. The standard InChI is InChI=1S/C12H13Cl2N3/c1-8-6-10(4-5-15)16-17(8)12-7-9(13)2-3-11(12)14/h2-3,6-7H,4-5,15H2,1H3. The summed E-state index contributed by atoms with van der Waals surface area (Å²) >= 11 is 12.1. The minimum absolute atomic E-state index is 0.583. The van der Waals surface area contributed by atoms with Gasteiger partial charge in [0.25, 0.3) is 0 Å². The van der Waals surface area contributed by atoms with Gasteiger partial charge in [0.2, 0.25) is 0 Å². The molecule has 5 heteroatoms. The number of nitrogens with zero attached hydrogens (tertiary/aromatic N) is 2. The lowest BCUT2D eigenvalue weighted by molar-refractivity contribution is 0.804. The summed E-state index contributed by atoms with van der Waals surface area (Å²) in [6, 6.07) is 7.33. The number of hydrogen-bond acceptors (Lipinski definition) is 2. The van der Waals surface area contributed by atoms with Crippen LogP contribution >= 0.6 is 23.2 Å². The summed E-state index contributed by atoms with van der Waals surface area (Å²) in [6.07, 6.45) is 0.756. The predicted molar refractivity (Wildman–Crippen MR) is 71.1 cm³/mol. The first-order valence-electron chi connectivity index (χ1n) is 5.33. The van der Waals surface area contributed by atoms with E-state index in [4.69, 9.17) is 28.9 Å². The minimum Gasteiger partial charge on any atom is -0.330 e. The van der Waals surface area contributed by atoms with E-state index in [1.807, 2.05) is 13.0 Å². The average molecular weight is 270 g/mol. The molecule has 0 aliphatic carbocycles. The summed E-state index contributed by atoms with van der Waals surface area (Å²) in [5, 5.41) is 5.73. The molecule has 0 spiro atoms. The molecule has 0 saturated heterocycles. The second-order valence-electron chi connectivity index (χ2n) is 3.82. The summed E-state index contributed by atoms with van der Waals surface area (Å²) in [6.45, 7) is 2.56. The number of hydrogen-bond donors (Lipinski definition) is 1. The third-order valence-electron chi connectivity index (χ3n) is 2.47. The molecule has 17 heavy (non-hydrogen) atoms. The second kappa shape index (κ2) is 5.08. The lowest BCUT2D eigenvalue weighted by Crippen LogP contribution is -2.04. The molecule has 1 aromatic heterocycles. The summed E-state index contributed by atoms with van der Waals surface area (Å²) in [5.41, 5.74) is 8.28. The van der Waals surface area contributed by atoms with Crippen molar-refractivity contribution in [1.29, 1.82) is 0 Å². The topological polar surface area (TPSA) is 43.8 Å². The Hall–Kier alpha value is -1.03. The van der Waals surface area contributed by atoms with E-state index in [9.17, 15) is 0 Å². The van der Waals surface area contributed by atoms with Crippen molar-refractivity contribution in [2.24, 2.45) is 5.73 Å². The van der Waals surface area contributed by atoms with Crippen LogP contribution in [0.15, 0.2) is 24.3 Å². The molecule has 0 saturated carbocycles. The third-order valence-corrected chi connectivity index (χ3v) is 3.03. The molecule has 2 aromatic rings. The number of benzene rings is 1. The number of aryl methyl sites for hydroxylation is 1. The van der Waals surface area contributed by atoms with Crippen molar-refractivity contribution >= 4 is 23.2 Å². The smallest absolute Gasteiger partial charge is 0.0849 e. The molecule has 1 heterocycles. The Labute approximate surface area is 110 Å². The predicted octanol–water partition coefficient (Wildman–Crippen LogP) is 2.99. The van der Waals surface area contributed by atoms with E-state index in [2.05, 4.69) is 5.10 Å². The van der Waals surface area contributed by atoms with E-state index in [1.165, 1.54) is 0 Å². The molecular weight excluding hydrogens is 257 g/mol. The zero-order valence-corrected chi connectivity index (χ0v) is 11.0. The summed E-state index contributed by atoms with van der Waals surface area (Å²) in [7, 11) is 0. The molecule has 1 aromatic carbocycles. The quantitative estimate of drug-likeness (QED) is 0.931. The van der Waals surface area contributed by atoms with Crippen molar-refractivity contribution in [3.8, 4) is 5.69 Å². The zero-order chi connectivity index (χ0) is 12.4. The van der Waals surface area contributed by atoms with Crippen LogP contribution in [-0.2, 0) is 6.42 Å². The Kier molecular flexibility index (Phi) is 3.72. The van der Waals surface area contributed by atoms with Gasteiger partial charge in [-0.05, 0) is 37.7 Å². The fourth-order valence-electron chi connectivity index (χ4n) is 1.70. The summed E-state index contributed by atoms with van der Waals surface area (Å²) in [4.78, 5) is 0. The molecule has 0 bridgehead atoms. The second-order valence-corrected chi connectivity index (χ2v) is 4.67. The molecule has 0 radical (unpaired) electrons. The Bertz CT molecular complexity index is 535. The first-order valence-corrected chi connectivity index (χ1v) is 6.08. The number of rotatable bonds is 3. The van der Waals surface area contributed by atoms with Gasteiger partial charge in [-0.15, -0.1) is 0 Å². The first-order chi connectivity index (χ1) is 8.11. The number of halogens is 2. The van der Waals surface area contributed by atoms with Gasteiger partial charge in [0.15, 0.2) is 0 Å². The van der Waals surface area contributed by atoms with Crippen LogP contribution in [0.1, 0.15) is 11.4 Å². The highest BCUT2D eigenvalue weighted by Crippen LogP contribution is 2.25. The molecule has 3 nitrogen and oxygen atoms in total. The average Bonchev–Trinajstić information content (AvgIpc) is 2.64. The Morgan fingerprint density at radius 1 is 1.29 bits per heavy atom. The van der Waals surface area contributed by atoms with E-state index in [-0.39, 0.29) is 0 Å². The lowest BCUT2D eigenvalue weighted by atomic mass is 10.3. The van der Waals surface area contributed by atoms with E-state index >= 15 is 0 Å². The van der Waals surface area contributed by atoms with Crippen molar-refractivity contribution in [3.63, 3.8) is 0 Å². The van der Waals surface area contributed by atoms with Crippen molar-refractivity contribution in [2.75, 3.05) is 6.54 Å². The minimum atomic E-state index is 0.583. The van der Waals surface area contributed by atoms with E-state index in [0.717, 1.165) is 23.5 Å². The van der Waals surface area contributed by atoms with Gasteiger partial charge in [0.05, 0.1) is 16.4 Å². The SMILES string of the molecule is Cc1cc(CCN)nn1-c1cc(Cl)ccc1Cl. The molecule has 0 aliphatic rings. The fraction of sp³-hybridized carbons (Fsp3) is 0.250. The van der Waals surface area contributed by atoms with Crippen molar-refractivity contribution in [3.05, 3.63) is 45.7 Å². The third kappa shape index (κ3) is 2.63. The highest BCUT2D eigenvalue weighted by molar-refractivity contribution is 6.34. The molecule has 0 aliphatic heterocycles. The largest absolute Gasteiger partial charge is 0.330 e. The van der Waals surface area contributed by atoms with Gasteiger partial charge in [-0.3, -0.25) is 0 Å². The van der Waals surface area contributed by atoms with Crippen molar-refractivity contribution in [2.45, 2.75) is 13.3 Å². The Morgan fingerprint density at radius 2 is 2.06 bits per heavy atom. The van der Waals surface area contributed by atoms with Crippen LogP contribution in [-0.4, -0.2) is 16.3 Å². The van der Waals surface area contributed by atoms with Crippen molar-refractivity contribution < 1.29 is 0 Å². The van der Waals surface area contributed by atoms with Crippen molar-refractivity contribution in [1.82, 2.24) is 9.78 Å². The van der Waals surface area contributed by atoms with Gasteiger partial charge in [0, 0.05) is 17.1 Å². The highest BCUT2D eigenvalue weighted by atomic mass is 35.5. The van der Waals surface area contributed by atoms with Gasteiger partial charge >= 0.3 is 0 Å². The number of aromatic nitrogens is 2. The summed E-state index contributed by atoms with van der Waals surface area (Å²) in [5.74, 6) is 0. The molecular formula is C12H13Cl2N3. The molecule has 0 atom stereocenters. The van der Waals surface area contributed by atoms with E-state index in [0.29, 0.717) is 16.6 Å². The highest BCUT2D eigenvalue weighted by Gasteiger charge is 2.09. The van der Waals surface area contributed by atoms with Crippen LogP contribution in [0.5, 0.6) is 0 Å². The van der Waals surface area contributed by atoms with E-state index in [1.54, 1.807) is 22.9 Å². The van der Waals surface area contributed by atoms with E-state index < -0.39 is 0 Å². The molecule has 0 unspecified atom stereocenters. The Morgan fingerprint density at radius 3 is 2.76 bits per heavy atom. The molecule has 90 valence electrons. The van der Waals surface area contributed by atoms with Crippen LogP contribution in [0, 0.1) is 6.92 Å². The zero-order valence-electron chi connectivity index (χ0n) is 9.45. The van der Waals surface area contributed by atoms with Gasteiger partial charge < -0.3 is 5.73 Å². The lowest BCUT2D eigenvalue weighted by Gasteiger charge is -2.07. The van der Waals surface area contributed by atoms with Gasteiger partial charge in [-0.1, -0.05) is 23.2 Å². The molecule has 0 amide bonds. The van der Waals surface area contributed by atoms with Gasteiger partial charge in [0.1, 0.15) is 0 Å². The monoisotopic (exact) mass is 269 g/mol. The van der Waals surface area contributed by atoms with Gasteiger partial charge in [-0.2, -0.15) is 5.10 Å². The fourth-order valence-corrected chi connectivity index (χ4v) is 2.06. The van der Waals surface area contributed by atoms with Crippen LogP contribution in [0.3, 0.4) is 0 Å². The van der Waals surface area contributed by atoms with Crippen LogP contribution in [0.25, 0.3) is 5.69 Å². The van der Waals surface area contributed by atoms with Crippen LogP contribution in [0.2, 0.25) is 10.0 Å². The maximum absolute atomic E-state index is 6.14. The maximum atomic E-state index is 6.14. The molecule has 2 rings (SSSR count). The van der Waals surface area contributed by atoms with Crippen LogP contribution in [0.4, 0.5) is 0 Å².